The number of halogens is 2. The number of hydrogen-bond acceptors (Lipinski definition) is 6. The van der Waals surface area contributed by atoms with Crippen molar-refractivity contribution in [3.63, 3.8) is 0 Å². The van der Waals surface area contributed by atoms with Crippen molar-refractivity contribution in [1.29, 1.82) is 0 Å². The SMILES string of the molecule is CCS(=O)(=O)NC1CCN(c2nc(-c3cc(Cl)cc(Cl)c3)no2)CC1. The molecule has 1 aliphatic heterocycles. The molecule has 1 N–H and O–H groups in total. The van der Waals surface area contributed by atoms with Gasteiger partial charge in [0.1, 0.15) is 0 Å². The lowest BCUT2D eigenvalue weighted by Crippen LogP contribution is -2.45. The Morgan fingerprint density at radius 1 is 1.24 bits per heavy atom. The summed E-state index contributed by atoms with van der Waals surface area (Å²) in [6.45, 7) is 2.89. The van der Waals surface area contributed by atoms with E-state index in [0.717, 1.165) is 0 Å². The van der Waals surface area contributed by atoms with E-state index in [2.05, 4.69) is 14.9 Å². The molecule has 1 aromatic carbocycles. The van der Waals surface area contributed by atoms with Gasteiger partial charge in [-0.05, 0) is 38.0 Å². The zero-order valence-electron chi connectivity index (χ0n) is 13.6. The van der Waals surface area contributed by atoms with Gasteiger partial charge in [0.2, 0.25) is 15.8 Å². The highest BCUT2D eigenvalue weighted by Crippen LogP contribution is 2.27. The fourth-order valence-corrected chi connectivity index (χ4v) is 4.11. The highest BCUT2D eigenvalue weighted by molar-refractivity contribution is 7.89. The number of aromatic nitrogens is 2. The third kappa shape index (κ3) is 4.63. The average Bonchev–Trinajstić information content (AvgIpc) is 3.04. The van der Waals surface area contributed by atoms with Gasteiger partial charge >= 0.3 is 6.01 Å². The monoisotopic (exact) mass is 404 g/mol. The largest absolute Gasteiger partial charge is 0.324 e. The smallest absolute Gasteiger partial charge is 0.324 e. The lowest BCUT2D eigenvalue weighted by atomic mass is 10.1. The van der Waals surface area contributed by atoms with Gasteiger partial charge < -0.3 is 9.42 Å². The molecule has 10 heteroatoms. The molecule has 1 saturated heterocycles. The van der Waals surface area contributed by atoms with E-state index in [1.807, 2.05) is 4.90 Å². The molecule has 0 bridgehead atoms. The molecule has 0 unspecified atom stereocenters. The Hall–Kier alpha value is -1.35. The van der Waals surface area contributed by atoms with Crippen molar-refractivity contribution in [2.75, 3.05) is 23.7 Å². The molecule has 0 atom stereocenters. The molecular formula is C15H18Cl2N4O3S. The van der Waals surface area contributed by atoms with E-state index in [0.29, 0.717) is 53.4 Å². The molecule has 1 fully saturated rings. The number of sulfonamides is 1. The molecule has 0 radical (unpaired) electrons. The minimum Gasteiger partial charge on any atom is -0.324 e. The standard InChI is InChI=1S/C15H18Cl2N4O3S/c1-2-25(22,23)20-13-3-5-21(6-4-13)15-18-14(19-24-15)10-7-11(16)9-12(17)8-10/h7-9,13,20H,2-6H2,1H3. The van der Waals surface area contributed by atoms with Crippen LogP contribution in [0.15, 0.2) is 22.7 Å². The molecule has 1 aliphatic rings. The summed E-state index contributed by atoms with van der Waals surface area (Å²) in [4.78, 5) is 6.34. The molecule has 0 saturated carbocycles. The minimum atomic E-state index is -3.19. The van der Waals surface area contributed by atoms with E-state index < -0.39 is 10.0 Å². The number of rotatable bonds is 5. The first-order valence-corrected chi connectivity index (χ1v) is 10.3. The van der Waals surface area contributed by atoms with Crippen LogP contribution in [0.2, 0.25) is 10.0 Å². The second-order valence-electron chi connectivity index (χ2n) is 5.84. The number of nitrogens with zero attached hydrogens (tertiary/aromatic N) is 3. The van der Waals surface area contributed by atoms with Crippen molar-refractivity contribution < 1.29 is 12.9 Å². The molecular weight excluding hydrogens is 387 g/mol. The lowest BCUT2D eigenvalue weighted by molar-refractivity contribution is 0.387. The first kappa shape index (κ1) is 18.4. The van der Waals surface area contributed by atoms with Crippen molar-refractivity contribution in [3.8, 4) is 11.4 Å². The summed E-state index contributed by atoms with van der Waals surface area (Å²) in [5.74, 6) is 0.496. The van der Waals surface area contributed by atoms with Gasteiger partial charge in [0, 0.05) is 34.7 Å². The van der Waals surface area contributed by atoms with Crippen molar-refractivity contribution in [3.05, 3.63) is 28.2 Å². The van der Waals surface area contributed by atoms with Crippen LogP contribution < -0.4 is 9.62 Å². The maximum Gasteiger partial charge on any atom is 0.324 e. The number of hydrogen-bond donors (Lipinski definition) is 1. The van der Waals surface area contributed by atoms with Gasteiger partial charge in [-0.3, -0.25) is 0 Å². The minimum absolute atomic E-state index is 0.0599. The van der Waals surface area contributed by atoms with Crippen LogP contribution in [0.4, 0.5) is 6.01 Å². The molecule has 0 aliphatic carbocycles. The highest BCUT2D eigenvalue weighted by Gasteiger charge is 2.25. The molecule has 1 aromatic heterocycles. The third-order valence-corrected chi connectivity index (χ3v) is 5.92. The number of nitrogens with one attached hydrogen (secondary N) is 1. The van der Waals surface area contributed by atoms with Crippen LogP contribution in [-0.2, 0) is 10.0 Å². The van der Waals surface area contributed by atoms with E-state index in [9.17, 15) is 8.42 Å². The molecule has 25 heavy (non-hydrogen) atoms. The zero-order valence-corrected chi connectivity index (χ0v) is 15.9. The second kappa shape index (κ2) is 7.49. The van der Waals surface area contributed by atoms with Gasteiger partial charge in [-0.25, -0.2) is 13.1 Å². The predicted octanol–water partition coefficient (Wildman–Crippen LogP) is 2.95. The van der Waals surface area contributed by atoms with Crippen LogP contribution in [-0.4, -0.2) is 43.4 Å². The predicted molar refractivity (Wildman–Crippen MR) is 97.6 cm³/mol. The van der Waals surface area contributed by atoms with Crippen LogP contribution in [0.25, 0.3) is 11.4 Å². The fourth-order valence-electron chi connectivity index (χ4n) is 2.67. The fraction of sp³-hybridized carbons (Fsp3) is 0.467. The number of piperidine rings is 1. The molecule has 0 spiro atoms. The maximum absolute atomic E-state index is 11.6. The van der Waals surface area contributed by atoms with E-state index in [1.54, 1.807) is 25.1 Å². The Balaban J connectivity index is 1.66. The number of anilines is 1. The molecule has 3 rings (SSSR count). The topological polar surface area (TPSA) is 88.3 Å². The molecule has 7 nitrogen and oxygen atoms in total. The van der Waals surface area contributed by atoms with Gasteiger partial charge in [0.25, 0.3) is 0 Å². The summed E-state index contributed by atoms with van der Waals surface area (Å²) in [6, 6.07) is 5.41. The highest BCUT2D eigenvalue weighted by atomic mass is 35.5. The molecule has 136 valence electrons. The molecule has 0 amide bonds. The number of benzene rings is 1. The van der Waals surface area contributed by atoms with Crippen LogP contribution in [0.5, 0.6) is 0 Å². The van der Waals surface area contributed by atoms with Crippen molar-refractivity contribution in [1.82, 2.24) is 14.9 Å². The van der Waals surface area contributed by atoms with Gasteiger partial charge in [-0.2, -0.15) is 4.98 Å². The van der Waals surface area contributed by atoms with Crippen molar-refractivity contribution in [2.24, 2.45) is 0 Å². The average molecular weight is 405 g/mol. The summed E-state index contributed by atoms with van der Waals surface area (Å²) in [7, 11) is -3.19. The first-order valence-electron chi connectivity index (χ1n) is 7.91. The van der Waals surface area contributed by atoms with E-state index in [1.165, 1.54) is 0 Å². The molecule has 2 aromatic rings. The van der Waals surface area contributed by atoms with Crippen molar-refractivity contribution in [2.45, 2.75) is 25.8 Å². The summed E-state index contributed by atoms with van der Waals surface area (Å²) in [6.07, 6.45) is 1.36. The van der Waals surface area contributed by atoms with E-state index in [4.69, 9.17) is 27.7 Å². The zero-order chi connectivity index (χ0) is 18.0. The Morgan fingerprint density at radius 3 is 2.48 bits per heavy atom. The quantitative estimate of drug-likeness (QED) is 0.823. The normalized spacial score (nSPS) is 16.4. The Morgan fingerprint density at radius 2 is 1.88 bits per heavy atom. The summed E-state index contributed by atoms with van der Waals surface area (Å²) in [5, 5.41) is 4.98. The summed E-state index contributed by atoms with van der Waals surface area (Å²) >= 11 is 12.0. The Bertz CT molecular complexity index is 828. The lowest BCUT2D eigenvalue weighted by Gasteiger charge is -2.30. The summed E-state index contributed by atoms with van der Waals surface area (Å²) in [5.41, 5.74) is 0.679. The van der Waals surface area contributed by atoms with Crippen LogP contribution in [0, 0.1) is 0 Å². The molecule has 2 heterocycles. The van der Waals surface area contributed by atoms with Crippen molar-refractivity contribution >= 4 is 39.2 Å². The van der Waals surface area contributed by atoms with E-state index in [-0.39, 0.29) is 11.8 Å². The first-order chi connectivity index (χ1) is 11.9. The summed E-state index contributed by atoms with van der Waals surface area (Å²) < 4.78 is 31.3. The second-order valence-corrected chi connectivity index (χ2v) is 8.76. The van der Waals surface area contributed by atoms with Gasteiger partial charge in [0.15, 0.2) is 0 Å². The van der Waals surface area contributed by atoms with Crippen LogP contribution in [0.1, 0.15) is 19.8 Å². The van der Waals surface area contributed by atoms with E-state index >= 15 is 0 Å². The van der Waals surface area contributed by atoms with Crippen LogP contribution >= 0.6 is 23.2 Å². The third-order valence-electron chi connectivity index (χ3n) is 4.03. The Kier molecular flexibility index (Phi) is 5.52. The van der Waals surface area contributed by atoms with Gasteiger partial charge in [0.05, 0.1) is 5.75 Å². The van der Waals surface area contributed by atoms with Gasteiger partial charge in [-0.1, -0.05) is 28.4 Å². The maximum atomic E-state index is 11.6. The van der Waals surface area contributed by atoms with Gasteiger partial charge in [-0.15, -0.1) is 0 Å². The van der Waals surface area contributed by atoms with Crippen LogP contribution in [0.3, 0.4) is 0 Å². The Labute approximate surface area is 156 Å².